The molecule has 2 aromatic rings. The highest BCUT2D eigenvalue weighted by molar-refractivity contribution is 7.89. The number of nitrogens with one attached hydrogen (secondary N) is 1. The van der Waals surface area contributed by atoms with Gasteiger partial charge in [-0.05, 0) is 37.1 Å². The molecule has 0 radical (unpaired) electrons. The molecule has 3 rings (SSSR count). The van der Waals surface area contributed by atoms with Gasteiger partial charge >= 0.3 is 5.97 Å². The van der Waals surface area contributed by atoms with Crippen LogP contribution in [0.15, 0.2) is 40.6 Å². The van der Waals surface area contributed by atoms with Crippen LogP contribution >= 0.6 is 11.3 Å². The summed E-state index contributed by atoms with van der Waals surface area (Å²) in [5, 5.41) is 13.1. The number of rotatable bonds is 5. The molecular formula is C17H18N2O5S2. The number of carboxylic acids is 1. The lowest BCUT2D eigenvalue weighted by Gasteiger charge is -2.25. The second-order valence-corrected chi connectivity index (χ2v) is 8.80. The van der Waals surface area contributed by atoms with Crippen LogP contribution in [-0.2, 0) is 10.0 Å². The van der Waals surface area contributed by atoms with Crippen molar-refractivity contribution in [3.8, 4) is 0 Å². The van der Waals surface area contributed by atoms with Crippen LogP contribution < -0.4 is 5.32 Å². The van der Waals surface area contributed by atoms with E-state index < -0.39 is 21.9 Å². The molecule has 1 aromatic carbocycles. The minimum Gasteiger partial charge on any atom is -0.478 e. The van der Waals surface area contributed by atoms with Gasteiger partial charge in [0.25, 0.3) is 5.91 Å². The fourth-order valence-corrected chi connectivity index (χ4v) is 5.42. The molecule has 0 spiro atoms. The van der Waals surface area contributed by atoms with Crippen molar-refractivity contribution in [1.29, 1.82) is 0 Å². The number of piperidine rings is 1. The molecule has 0 aliphatic carbocycles. The minimum absolute atomic E-state index is 0.0577. The quantitative estimate of drug-likeness (QED) is 0.811. The van der Waals surface area contributed by atoms with Crippen LogP contribution in [-0.4, -0.2) is 42.8 Å². The Labute approximate surface area is 155 Å². The van der Waals surface area contributed by atoms with E-state index in [9.17, 15) is 18.0 Å². The van der Waals surface area contributed by atoms with Gasteiger partial charge in [-0.15, -0.1) is 11.3 Å². The van der Waals surface area contributed by atoms with Crippen molar-refractivity contribution in [2.24, 2.45) is 0 Å². The minimum atomic E-state index is -3.58. The Bertz CT molecular complexity index is 930. The van der Waals surface area contributed by atoms with E-state index in [4.69, 9.17) is 5.11 Å². The van der Waals surface area contributed by atoms with E-state index in [1.165, 1.54) is 34.0 Å². The number of nitrogens with zero attached hydrogens (tertiary/aromatic N) is 1. The van der Waals surface area contributed by atoms with Crippen molar-refractivity contribution >= 4 is 38.9 Å². The molecule has 138 valence electrons. The van der Waals surface area contributed by atoms with Gasteiger partial charge in [0.1, 0.15) is 0 Å². The van der Waals surface area contributed by atoms with Gasteiger partial charge < -0.3 is 10.4 Å². The van der Waals surface area contributed by atoms with Crippen molar-refractivity contribution in [3.05, 3.63) is 46.2 Å². The van der Waals surface area contributed by atoms with Crippen molar-refractivity contribution in [1.82, 2.24) is 4.31 Å². The Morgan fingerprint density at radius 2 is 1.85 bits per heavy atom. The highest BCUT2D eigenvalue weighted by Gasteiger charge is 2.27. The molecule has 0 unspecified atom stereocenters. The summed E-state index contributed by atoms with van der Waals surface area (Å²) >= 11 is 1.04. The maximum absolute atomic E-state index is 12.6. The molecule has 1 amide bonds. The molecule has 26 heavy (non-hydrogen) atoms. The zero-order chi connectivity index (χ0) is 18.7. The summed E-state index contributed by atoms with van der Waals surface area (Å²) in [5.74, 6) is -1.57. The van der Waals surface area contributed by atoms with E-state index in [-0.39, 0.29) is 15.3 Å². The zero-order valence-corrected chi connectivity index (χ0v) is 15.5. The third-order valence-electron chi connectivity index (χ3n) is 4.12. The number of amides is 1. The van der Waals surface area contributed by atoms with E-state index in [0.29, 0.717) is 18.8 Å². The number of carboxylic acid groups (broad SMARTS) is 1. The fraction of sp³-hybridized carbons (Fsp3) is 0.294. The average molecular weight is 394 g/mol. The Morgan fingerprint density at radius 1 is 1.12 bits per heavy atom. The number of aromatic carboxylic acids is 1. The summed E-state index contributed by atoms with van der Waals surface area (Å²) in [5.41, 5.74) is 0.395. The lowest BCUT2D eigenvalue weighted by atomic mass is 10.2. The number of benzene rings is 1. The van der Waals surface area contributed by atoms with E-state index in [1.54, 1.807) is 6.07 Å². The number of thiophene rings is 1. The van der Waals surface area contributed by atoms with Gasteiger partial charge in [0.15, 0.2) is 0 Å². The first kappa shape index (κ1) is 18.6. The van der Waals surface area contributed by atoms with Crippen molar-refractivity contribution in [2.75, 3.05) is 18.4 Å². The van der Waals surface area contributed by atoms with Gasteiger partial charge in [-0.25, -0.2) is 13.2 Å². The van der Waals surface area contributed by atoms with E-state index in [1.807, 2.05) is 0 Å². The molecule has 0 bridgehead atoms. The van der Waals surface area contributed by atoms with Crippen molar-refractivity contribution < 1.29 is 23.1 Å². The van der Waals surface area contributed by atoms with Gasteiger partial charge in [-0.2, -0.15) is 4.31 Å². The second kappa shape index (κ2) is 7.56. The van der Waals surface area contributed by atoms with Crippen LogP contribution in [0.2, 0.25) is 0 Å². The summed E-state index contributed by atoms with van der Waals surface area (Å²) in [6.45, 7) is 1.00. The van der Waals surface area contributed by atoms with E-state index in [0.717, 1.165) is 30.6 Å². The highest BCUT2D eigenvalue weighted by Crippen LogP contribution is 2.26. The Balaban J connectivity index is 1.76. The van der Waals surface area contributed by atoms with Gasteiger partial charge in [0.05, 0.1) is 15.3 Å². The summed E-state index contributed by atoms with van der Waals surface area (Å²) in [4.78, 5) is 23.7. The van der Waals surface area contributed by atoms with Crippen LogP contribution in [0, 0.1) is 0 Å². The van der Waals surface area contributed by atoms with E-state index in [2.05, 4.69) is 5.32 Å². The van der Waals surface area contributed by atoms with Crippen LogP contribution in [0.5, 0.6) is 0 Å². The third kappa shape index (κ3) is 3.95. The lowest BCUT2D eigenvalue weighted by Crippen LogP contribution is -2.35. The SMILES string of the molecule is O=C(O)c1cccc(NC(=O)c2cc(S(=O)(=O)N3CCCCC3)cs2)c1. The first-order chi connectivity index (χ1) is 12.4. The Hall–Kier alpha value is -2.23. The predicted octanol–water partition coefficient (Wildman–Crippen LogP) is 2.87. The molecule has 2 N–H and O–H groups in total. The monoisotopic (exact) mass is 394 g/mol. The van der Waals surface area contributed by atoms with Gasteiger partial charge in [0.2, 0.25) is 10.0 Å². The maximum atomic E-state index is 12.6. The molecule has 1 aliphatic rings. The fourth-order valence-electron chi connectivity index (χ4n) is 2.75. The third-order valence-corrected chi connectivity index (χ3v) is 7.07. The van der Waals surface area contributed by atoms with E-state index >= 15 is 0 Å². The number of sulfonamides is 1. The largest absolute Gasteiger partial charge is 0.478 e. The molecular weight excluding hydrogens is 376 g/mol. The standard InChI is InChI=1S/C17H18N2O5S2/c20-16(18-13-6-4-5-12(9-13)17(21)22)15-10-14(11-25-15)26(23,24)19-7-2-1-3-8-19/h4-6,9-11H,1-3,7-8H2,(H,18,20)(H,21,22). The van der Waals surface area contributed by atoms with Crippen LogP contribution in [0.3, 0.4) is 0 Å². The van der Waals surface area contributed by atoms with Crippen molar-refractivity contribution in [3.63, 3.8) is 0 Å². The second-order valence-electron chi connectivity index (χ2n) is 5.95. The molecule has 7 nitrogen and oxygen atoms in total. The predicted molar refractivity (Wildman–Crippen MR) is 98.3 cm³/mol. The average Bonchev–Trinajstić information content (AvgIpc) is 3.14. The number of anilines is 1. The molecule has 9 heteroatoms. The molecule has 1 aliphatic heterocycles. The summed E-state index contributed by atoms with van der Waals surface area (Å²) in [6.07, 6.45) is 2.71. The van der Waals surface area contributed by atoms with Gasteiger partial charge in [-0.1, -0.05) is 12.5 Å². The molecule has 0 saturated carbocycles. The molecule has 2 heterocycles. The van der Waals surface area contributed by atoms with Gasteiger partial charge in [-0.3, -0.25) is 4.79 Å². The summed E-state index contributed by atoms with van der Waals surface area (Å²) < 4.78 is 26.7. The highest BCUT2D eigenvalue weighted by atomic mass is 32.2. The molecule has 0 atom stereocenters. The van der Waals surface area contributed by atoms with Crippen LogP contribution in [0.1, 0.15) is 39.3 Å². The first-order valence-electron chi connectivity index (χ1n) is 8.11. The first-order valence-corrected chi connectivity index (χ1v) is 10.4. The number of carbonyl (C=O) groups is 2. The zero-order valence-electron chi connectivity index (χ0n) is 13.8. The summed E-state index contributed by atoms with van der Waals surface area (Å²) in [6, 6.07) is 7.24. The Kier molecular flexibility index (Phi) is 5.40. The molecule has 1 aromatic heterocycles. The maximum Gasteiger partial charge on any atom is 0.335 e. The normalized spacial score (nSPS) is 15.5. The number of carbonyl (C=O) groups excluding carboxylic acids is 1. The number of hydrogen-bond donors (Lipinski definition) is 2. The smallest absolute Gasteiger partial charge is 0.335 e. The van der Waals surface area contributed by atoms with Crippen molar-refractivity contribution in [2.45, 2.75) is 24.2 Å². The number of hydrogen-bond acceptors (Lipinski definition) is 5. The van der Waals surface area contributed by atoms with Crippen LogP contribution in [0.4, 0.5) is 5.69 Å². The van der Waals surface area contributed by atoms with Gasteiger partial charge in [0, 0.05) is 24.2 Å². The topological polar surface area (TPSA) is 104 Å². The molecule has 1 saturated heterocycles. The lowest BCUT2D eigenvalue weighted by molar-refractivity contribution is 0.0696. The molecule has 1 fully saturated rings. The summed E-state index contributed by atoms with van der Waals surface area (Å²) in [7, 11) is -3.58. The van der Waals surface area contributed by atoms with Crippen LogP contribution in [0.25, 0.3) is 0 Å². The Morgan fingerprint density at radius 3 is 2.54 bits per heavy atom.